The summed E-state index contributed by atoms with van der Waals surface area (Å²) in [5, 5.41) is 40.7. The predicted molar refractivity (Wildman–Crippen MR) is 320 cm³/mol. The number of benzene rings is 8. The van der Waals surface area contributed by atoms with Crippen LogP contribution in [0.4, 0.5) is 5.69 Å². The Hall–Kier alpha value is -10.2. The van der Waals surface area contributed by atoms with Gasteiger partial charge in [0, 0.05) is 51.0 Å². The fraction of sp³-hybridized carbons (Fsp3) is 0.0571. The quantitative estimate of drug-likeness (QED) is 0.0559. The third-order valence-corrected chi connectivity index (χ3v) is 14.4. The average Bonchev–Trinajstić information content (AvgIpc) is 4.12. The summed E-state index contributed by atoms with van der Waals surface area (Å²) in [5.41, 5.74) is 25.0. The number of allylic oxidation sites excluding steroid dienone is 6. The number of rotatable bonds is 16. The van der Waals surface area contributed by atoms with Crippen LogP contribution < -0.4 is 16.4 Å². The van der Waals surface area contributed by atoms with E-state index in [1.165, 1.54) is 0 Å². The lowest BCUT2D eigenvalue weighted by Gasteiger charge is -2.24. The fourth-order valence-electron chi connectivity index (χ4n) is 10.4. The third kappa shape index (κ3) is 10.3. The van der Waals surface area contributed by atoms with Gasteiger partial charge in [-0.15, -0.1) is 0 Å². The van der Waals surface area contributed by atoms with E-state index in [-0.39, 0.29) is 5.92 Å². The molecule has 0 bridgehead atoms. The number of furan rings is 1. The number of fused-ring (bicyclic) bond motifs is 4. The zero-order valence-electron chi connectivity index (χ0n) is 42.8. The molecule has 0 radical (unpaired) electrons. The number of aliphatic hydroxyl groups excluding tert-OH is 1. The van der Waals surface area contributed by atoms with Gasteiger partial charge in [0.1, 0.15) is 17.3 Å². The number of nitrogens with one attached hydrogen (secondary N) is 2. The van der Waals surface area contributed by atoms with Gasteiger partial charge in [0.15, 0.2) is 0 Å². The number of hydrogen-bond donors (Lipinski definition) is 4. The fourth-order valence-corrected chi connectivity index (χ4v) is 10.4. The molecule has 0 fully saturated rings. The molecule has 78 heavy (non-hydrogen) atoms. The van der Waals surface area contributed by atoms with Gasteiger partial charge in [-0.05, 0) is 153 Å². The van der Waals surface area contributed by atoms with Crippen LogP contribution in [-0.4, -0.2) is 15.8 Å². The average molecular weight is 1010 g/mol. The Morgan fingerprint density at radius 1 is 0.718 bits per heavy atom. The summed E-state index contributed by atoms with van der Waals surface area (Å²) in [7, 11) is 0. The highest BCUT2D eigenvalue weighted by atomic mass is 16.3. The molecule has 0 aliphatic heterocycles. The number of nitriles is 2. The van der Waals surface area contributed by atoms with Gasteiger partial charge in [-0.2, -0.15) is 10.5 Å². The highest BCUT2D eigenvalue weighted by molar-refractivity contribution is 6.07. The number of hydrogen-bond acceptors (Lipinski definition) is 7. The molecule has 5 N–H and O–H groups in total. The SMILES string of the molecule is C=C/C=C(\C=C)c1ccc(/C(=C/Cc2cc(-c3cccc(C4C=C(Nc5ccc(C#N)cc5C=C)C=CC4O)c3)cc(-c3ccc4oc5ccc(-n6ccc7cc(C#N)ccc76)cc5c4c3)c2)NC(N)c2ccccc2)cc1. The Kier molecular flexibility index (Phi) is 14.0. The van der Waals surface area contributed by atoms with Gasteiger partial charge in [0.25, 0.3) is 0 Å². The summed E-state index contributed by atoms with van der Waals surface area (Å²) in [6, 6.07) is 63.9. The highest BCUT2D eigenvalue weighted by Gasteiger charge is 2.22. The summed E-state index contributed by atoms with van der Waals surface area (Å²) in [5.74, 6) is -0.349. The van der Waals surface area contributed by atoms with Gasteiger partial charge in [0.2, 0.25) is 0 Å². The zero-order valence-corrected chi connectivity index (χ0v) is 42.8. The minimum absolute atomic E-state index is 0.349. The van der Waals surface area contributed by atoms with Crippen LogP contribution in [-0.2, 0) is 6.42 Å². The summed E-state index contributed by atoms with van der Waals surface area (Å²) in [6.07, 6.45) is 16.6. The van der Waals surface area contributed by atoms with Crippen LogP contribution in [0, 0.1) is 22.7 Å². The highest BCUT2D eigenvalue weighted by Crippen LogP contribution is 2.38. The Bertz CT molecular complexity index is 4190. The van der Waals surface area contributed by atoms with Gasteiger partial charge < -0.3 is 30.5 Å². The van der Waals surface area contributed by atoms with Gasteiger partial charge >= 0.3 is 0 Å². The number of aliphatic hydroxyl groups is 1. The van der Waals surface area contributed by atoms with Crippen LogP contribution >= 0.6 is 0 Å². The molecule has 3 atom stereocenters. The first-order valence-corrected chi connectivity index (χ1v) is 25.8. The van der Waals surface area contributed by atoms with E-state index in [2.05, 4.69) is 156 Å². The van der Waals surface area contributed by atoms with Crippen molar-refractivity contribution in [3.05, 3.63) is 295 Å². The van der Waals surface area contributed by atoms with Crippen LogP contribution in [0.15, 0.2) is 255 Å². The molecule has 11 rings (SSSR count). The van der Waals surface area contributed by atoms with Crippen molar-refractivity contribution in [3.8, 4) is 40.1 Å². The maximum absolute atomic E-state index is 11.5. The molecule has 0 spiro atoms. The largest absolute Gasteiger partial charge is 0.456 e. The van der Waals surface area contributed by atoms with Crippen molar-refractivity contribution in [2.24, 2.45) is 5.73 Å². The van der Waals surface area contributed by atoms with Gasteiger partial charge in [-0.1, -0.05) is 159 Å². The molecule has 0 amide bonds. The van der Waals surface area contributed by atoms with Crippen molar-refractivity contribution >= 4 is 55.9 Å². The molecule has 2 aromatic heterocycles. The van der Waals surface area contributed by atoms with Crippen LogP contribution in [0.5, 0.6) is 0 Å². The lowest BCUT2D eigenvalue weighted by Crippen LogP contribution is -2.27. The van der Waals surface area contributed by atoms with Crippen molar-refractivity contribution in [1.29, 1.82) is 10.5 Å². The maximum atomic E-state index is 11.5. The summed E-state index contributed by atoms with van der Waals surface area (Å²) < 4.78 is 8.61. The van der Waals surface area contributed by atoms with E-state index < -0.39 is 12.3 Å². The predicted octanol–water partition coefficient (Wildman–Crippen LogP) is 15.8. The summed E-state index contributed by atoms with van der Waals surface area (Å²) in [4.78, 5) is 0. The van der Waals surface area contributed by atoms with Crippen LogP contribution in [0.1, 0.15) is 56.6 Å². The lowest BCUT2D eigenvalue weighted by molar-refractivity contribution is 0.205. The Morgan fingerprint density at radius 2 is 1.45 bits per heavy atom. The number of nitrogens with two attached hydrogens (primary N) is 1. The first-order chi connectivity index (χ1) is 38.2. The first kappa shape index (κ1) is 50.0. The van der Waals surface area contributed by atoms with E-state index in [0.717, 1.165) is 117 Å². The van der Waals surface area contributed by atoms with Crippen molar-refractivity contribution in [2.75, 3.05) is 5.32 Å². The third-order valence-electron chi connectivity index (χ3n) is 14.4. The number of nitrogens with zero attached hydrogens (tertiary/aromatic N) is 3. The summed E-state index contributed by atoms with van der Waals surface area (Å²) >= 11 is 0. The number of anilines is 1. The second-order valence-corrected chi connectivity index (χ2v) is 19.3. The van der Waals surface area contributed by atoms with Crippen molar-refractivity contribution < 1.29 is 9.52 Å². The molecule has 376 valence electrons. The first-order valence-electron chi connectivity index (χ1n) is 25.8. The second kappa shape index (κ2) is 21.9. The lowest BCUT2D eigenvalue weighted by atomic mass is 9.86. The Balaban J connectivity index is 1.00. The van der Waals surface area contributed by atoms with Crippen molar-refractivity contribution in [1.82, 2.24) is 9.88 Å². The number of aromatic nitrogens is 1. The monoisotopic (exact) mass is 1010 g/mol. The van der Waals surface area contributed by atoms with Crippen molar-refractivity contribution in [3.63, 3.8) is 0 Å². The standard InChI is InChI=1S/C70H54N6O2/c1-4-11-48(5-2)50-19-21-51(22-20-50)65(75-70(73)52-12-8-7-9-13-52)26-16-45-34-57(53-14-10-15-55(38-53)61-41-59(24-29-67(61)77)74-64-27-17-46(43-71)36-49(64)6-3)39-58(35-45)54-23-30-68-62(40-54)63-42-60(25-31-69(63)78-68)76-33-32-56-37-47(44-72)18-28-66(56)76/h4-15,17-42,61,67,70,74-75,77H,1-3,16,73H2/b48-11+,65-26-. The normalized spacial score (nSPS) is 14.8. The van der Waals surface area contributed by atoms with Crippen LogP contribution in [0.25, 0.3) is 78.1 Å². The molecular formula is C70H54N6O2. The molecule has 2 heterocycles. The molecule has 1 aliphatic rings. The van der Waals surface area contributed by atoms with Gasteiger partial charge in [-0.3, -0.25) is 0 Å². The van der Waals surface area contributed by atoms with E-state index in [1.54, 1.807) is 24.3 Å². The molecule has 10 aromatic rings. The van der Waals surface area contributed by atoms with Crippen LogP contribution in [0.3, 0.4) is 0 Å². The van der Waals surface area contributed by atoms with Gasteiger partial charge in [0.05, 0.1) is 34.9 Å². The van der Waals surface area contributed by atoms with E-state index in [9.17, 15) is 15.6 Å². The van der Waals surface area contributed by atoms with E-state index in [0.29, 0.717) is 17.5 Å². The molecule has 0 saturated carbocycles. The molecule has 8 heteroatoms. The van der Waals surface area contributed by atoms with E-state index >= 15 is 0 Å². The van der Waals surface area contributed by atoms with Crippen LogP contribution in [0.2, 0.25) is 0 Å². The minimum Gasteiger partial charge on any atom is -0.456 e. The minimum atomic E-state index is -0.758. The van der Waals surface area contributed by atoms with Gasteiger partial charge in [-0.25, -0.2) is 0 Å². The Labute approximate surface area is 454 Å². The van der Waals surface area contributed by atoms with E-state index in [4.69, 9.17) is 10.2 Å². The zero-order chi connectivity index (χ0) is 53.7. The van der Waals surface area contributed by atoms with E-state index in [1.807, 2.05) is 97.2 Å². The molecule has 8 nitrogen and oxygen atoms in total. The molecular weight excluding hydrogens is 957 g/mol. The second-order valence-electron chi connectivity index (χ2n) is 19.3. The smallest absolute Gasteiger partial charge is 0.135 e. The topological polar surface area (TPSA) is 136 Å². The summed E-state index contributed by atoms with van der Waals surface area (Å²) in [6.45, 7) is 11.9. The molecule has 8 aromatic carbocycles. The molecule has 3 unspecified atom stereocenters. The maximum Gasteiger partial charge on any atom is 0.135 e. The van der Waals surface area contributed by atoms with Crippen molar-refractivity contribution in [2.45, 2.75) is 24.6 Å². The Morgan fingerprint density at radius 3 is 2.21 bits per heavy atom. The molecule has 0 saturated heterocycles. The molecule has 1 aliphatic carbocycles.